The van der Waals surface area contributed by atoms with E-state index in [4.69, 9.17) is 0 Å². The van der Waals surface area contributed by atoms with Gasteiger partial charge in [0.05, 0.1) is 0 Å². The summed E-state index contributed by atoms with van der Waals surface area (Å²) in [6.45, 7) is 9.62. The van der Waals surface area contributed by atoms with E-state index in [-0.39, 0.29) is 11.3 Å². The molecule has 0 aliphatic carbocycles. The molecular formula is C10H20FN. The first-order valence-electron chi connectivity index (χ1n) is 4.75. The molecule has 1 aliphatic rings. The lowest BCUT2D eigenvalue weighted by molar-refractivity contribution is 0.0153. The van der Waals surface area contributed by atoms with Gasteiger partial charge < -0.3 is 5.32 Å². The predicted octanol–water partition coefficient (Wildman–Crippen LogP) is 2.37. The Bertz CT molecular complexity index is 165. The minimum atomic E-state index is -0.998. The van der Waals surface area contributed by atoms with Crippen LogP contribution in [0.25, 0.3) is 0 Å². The molecule has 1 heterocycles. The van der Waals surface area contributed by atoms with Crippen LogP contribution in [0.5, 0.6) is 0 Å². The highest BCUT2D eigenvalue weighted by Gasteiger charge is 2.42. The highest BCUT2D eigenvalue weighted by atomic mass is 19.1. The number of rotatable bonds is 1. The largest absolute Gasteiger partial charge is 0.313 e. The third kappa shape index (κ3) is 1.98. The Morgan fingerprint density at radius 1 is 1.25 bits per heavy atom. The van der Waals surface area contributed by atoms with E-state index in [0.717, 1.165) is 6.54 Å². The molecular weight excluding hydrogens is 153 g/mol. The number of nitrogens with one attached hydrogen (secondary N) is 1. The predicted molar refractivity (Wildman–Crippen MR) is 49.9 cm³/mol. The van der Waals surface area contributed by atoms with E-state index in [1.54, 1.807) is 0 Å². The van der Waals surface area contributed by atoms with Crippen molar-refractivity contribution in [1.29, 1.82) is 0 Å². The van der Waals surface area contributed by atoms with Crippen LogP contribution in [0.2, 0.25) is 0 Å². The molecule has 1 atom stereocenters. The summed E-state index contributed by atoms with van der Waals surface area (Å²) in [6, 6.07) is 0. The summed E-state index contributed by atoms with van der Waals surface area (Å²) in [5, 5.41) is 3.17. The molecule has 0 saturated carbocycles. The Morgan fingerprint density at radius 3 is 2.17 bits per heavy atom. The normalized spacial score (nSPS) is 35.5. The van der Waals surface area contributed by atoms with Crippen molar-refractivity contribution in [3.05, 3.63) is 0 Å². The van der Waals surface area contributed by atoms with Crippen molar-refractivity contribution in [3.8, 4) is 0 Å². The Hall–Kier alpha value is -0.110. The summed E-state index contributed by atoms with van der Waals surface area (Å²) in [7, 11) is 0. The van der Waals surface area contributed by atoms with E-state index in [1.807, 2.05) is 13.8 Å². The van der Waals surface area contributed by atoms with Gasteiger partial charge in [-0.1, -0.05) is 27.7 Å². The van der Waals surface area contributed by atoms with Gasteiger partial charge in [-0.15, -0.1) is 0 Å². The van der Waals surface area contributed by atoms with Crippen molar-refractivity contribution >= 4 is 0 Å². The minimum Gasteiger partial charge on any atom is -0.313 e. The van der Waals surface area contributed by atoms with Crippen LogP contribution in [0.15, 0.2) is 0 Å². The topological polar surface area (TPSA) is 12.0 Å². The fraction of sp³-hybridized carbons (Fsp3) is 1.00. The van der Waals surface area contributed by atoms with Crippen molar-refractivity contribution in [2.24, 2.45) is 11.3 Å². The van der Waals surface area contributed by atoms with Crippen LogP contribution < -0.4 is 5.32 Å². The van der Waals surface area contributed by atoms with Crippen molar-refractivity contribution in [1.82, 2.24) is 5.32 Å². The third-order valence-electron chi connectivity index (χ3n) is 2.83. The highest BCUT2D eigenvalue weighted by molar-refractivity contribution is 4.95. The van der Waals surface area contributed by atoms with Crippen LogP contribution in [-0.2, 0) is 0 Å². The number of halogens is 1. The Labute approximate surface area is 74.7 Å². The van der Waals surface area contributed by atoms with Crippen molar-refractivity contribution in [3.63, 3.8) is 0 Å². The summed E-state index contributed by atoms with van der Waals surface area (Å²) in [5.41, 5.74) is -0.890. The summed E-state index contributed by atoms with van der Waals surface area (Å²) in [5.74, 6) is 0.115. The second-order valence-corrected chi connectivity index (χ2v) is 5.13. The fourth-order valence-corrected chi connectivity index (χ4v) is 1.94. The summed E-state index contributed by atoms with van der Waals surface area (Å²) < 4.78 is 14.1. The summed E-state index contributed by atoms with van der Waals surface area (Å²) in [4.78, 5) is 0. The highest BCUT2D eigenvalue weighted by Crippen LogP contribution is 2.37. The molecule has 1 nitrogen and oxygen atoms in total. The van der Waals surface area contributed by atoms with Gasteiger partial charge in [0, 0.05) is 13.1 Å². The van der Waals surface area contributed by atoms with Crippen molar-refractivity contribution in [2.45, 2.75) is 39.8 Å². The average molecular weight is 173 g/mol. The molecule has 1 unspecified atom stereocenters. The smallest absolute Gasteiger partial charge is 0.126 e. The molecule has 0 aromatic heterocycles. The zero-order valence-corrected chi connectivity index (χ0v) is 8.58. The van der Waals surface area contributed by atoms with Crippen LogP contribution >= 0.6 is 0 Å². The number of hydrogen-bond acceptors (Lipinski definition) is 1. The van der Waals surface area contributed by atoms with Crippen LogP contribution in [0.4, 0.5) is 4.39 Å². The van der Waals surface area contributed by atoms with Gasteiger partial charge in [-0.2, -0.15) is 0 Å². The molecule has 12 heavy (non-hydrogen) atoms. The fourth-order valence-electron chi connectivity index (χ4n) is 1.94. The molecule has 1 fully saturated rings. The van der Waals surface area contributed by atoms with Gasteiger partial charge in [0.15, 0.2) is 0 Å². The van der Waals surface area contributed by atoms with Gasteiger partial charge in [0.2, 0.25) is 0 Å². The first-order valence-corrected chi connectivity index (χ1v) is 4.75. The first-order chi connectivity index (χ1) is 5.36. The SMILES string of the molecule is CC(C)C1(F)CNCC(C)(C)C1. The summed E-state index contributed by atoms with van der Waals surface area (Å²) >= 11 is 0. The average Bonchev–Trinajstić information content (AvgIpc) is 1.83. The van der Waals surface area contributed by atoms with Gasteiger partial charge in [0.1, 0.15) is 5.67 Å². The van der Waals surface area contributed by atoms with Crippen LogP contribution in [0.1, 0.15) is 34.1 Å². The number of hydrogen-bond donors (Lipinski definition) is 1. The standard InChI is InChI=1S/C10H20FN/c1-8(2)10(11)5-9(3,4)6-12-7-10/h8,12H,5-7H2,1-4H3. The quantitative estimate of drug-likeness (QED) is 0.642. The molecule has 0 amide bonds. The summed E-state index contributed by atoms with van der Waals surface area (Å²) in [6.07, 6.45) is 0.685. The molecule has 0 spiro atoms. The van der Waals surface area contributed by atoms with Crippen LogP contribution in [0.3, 0.4) is 0 Å². The lowest BCUT2D eigenvalue weighted by atomic mass is 9.73. The molecule has 1 N–H and O–H groups in total. The molecule has 1 aliphatic heterocycles. The zero-order chi connectivity index (χ0) is 9.41. The van der Waals surface area contributed by atoms with E-state index in [1.165, 1.54) is 0 Å². The van der Waals surface area contributed by atoms with E-state index >= 15 is 0 Å². The van der Waals surface area contributed by atoms with Gasteiger partial charge in [-0.05, 0) is 17.8 Å². The maximum atomic E-state index is 14.1. The van der Waals surface area contributed by atoms with E-state index < -0.39 is 5.67 Å². The van der Waals surface area contributed by atoms with Gasteiger partial charge in [-0.3, -0.25) is 0 Å². The second kappa shape index (κ2) is 2.99. The Balaban J connectivity index is 2.68. The molecule has 0 bridgehead atoms. The van der Waals surface area contributed by atoms with E-state index in [2.05, 4.69) is 19.2 Å². The molecule has 2 heteroatoms. The van der Waals surface area contributed by atoms with Gasteiger partial charge >= 0.3 is 0 Å². The van der Waals surface area contributed by atoms with Crippen LogP contribution in [0, 0.1) is 11.3 Å². The molecule has 1 rings (SSSR count). The molecule has 0 radical (unpaired) electrons. The second-order valence-electron chi connectivity index (χ2n) is 5.13. The lowest BCUT2D eigenvalue weighted by Crippen LogP contribution is -2.52. The molecule has 0 aromatic carbocycles. The lowest BCUT2D eigenvalue weighted by Gasteiger charge is -2.42. The van der Waals surface area contributed by atoms with Gasteiger partial charge in [-0.25, -0.2) is 4.39 Å². The van der Waals surface area contributed by atoms with Gasteiger partial charge in [0.25, 0.3) is 0 Å². The number of alkyl halides is 1. The molecule has 1 saturated heterocycles. The molecule has 72 valence electrons. The Morgan fingerprint density at radius 2 is 1.83 bits per heavy atom. The third-order valence-corrected chi connectivity index (χ3v) is 2.83. The van der Waals surface area contributed by atoms with E-state index in [0.29, 0.717) is 13.0 Å². The van der Waals surface area contributed by atoms with E-state index in [9.17, 15) is 4.39 Å². The minimum absolute atomic E-state index is 0.108. The maximum absolute atomic E-state index is 14.1. The van der Waals surface area contributed by atoms with Crippen LogP contribution in [-0.4, -0.2) is 18.8 Å². The first kappa shape index (κ1) is 9.97. The zero-order valence-electron chi connectivity index (χ0n) is 8.58. The molecule has 0 aromatic rings. The monoisotopic (exact) mass is 173 g/mol. The Kier molecular flexibility index (Phi) is 2.48. The van der Waals surface area contributed by atoms with Crippen molar-refractivity contribution < 1.29 is 4.39 Å². The van der Waals surface area contributed by atoms with Crippen molar-refractivity contribution in [2.75, 3.05) is 13.1 Å². The number of piperidine rings is 1. The maximum Gasteiger partial charge on any atom is 0.126 e.